The number of hydrogen-bond donors (Lipinski definition) is 1. The number of nitrogens with zero attached hydrogens (tertiary/aromatic N) is 3. The highest BCUT2D eigenvalue weighted by Gasteiger charge is 2.26. The second-order valence-corrected chi connectivity index (χ2v) is 8.56. The number of nitrogens with one attached hydrogen (secondary N) is 1. The highest BCUT2D eigenvalue weighted by Crippen LogP contribution is 2.33. The third kappa shape index (κ3) is 4.19. The van der Waals surface area contributed by atoms with E-state index in [0.717, 1.165) is 16.7 Å². The first-order valence-corrected chi connectivity index (χ1v) is 10.2. The standard InChI is InChI=1S/C25H25FN4O/c1-16-14-27-24-22(18-10-11-20(26)17(2)12-18)23(29-30(24)15-16)28-21(31)13-25(3,4)19-8-6-5-7-9-19/h5-12,14-15H,13H2,1-4H3,(H,28,29,31). The van der Waals surface area contributed by atoms with E-state index in [4.69, 9.17) is 0 Å². The van der Waals surface area contributed by atoms with Crippen LogP contribution in [0, 0.1) is 19.7 Å². The minimum atomic E-state index is -0.341. The number of anilines is 1. The number of hydrogen-bond acceptors (Lipinski definition) is 3. The van der Waals surface area contributed by atoms with E-state index >= 15 is 0 Å². The van der Waals surface area contributed by atoms with Crippen molar-refractivity contribution in [3.8, 4) is 11.1 Å². The molecule has 0 fully saturated rings. The molecular formula is C25H25FN4O. The number of carbonyl (C=O) groups is 1. The average Bonchev–Trinajstić information content (AvgIpc) is 3.07. The van der Waals surface area contributed by atoms with Crippen LogP contribution >= 0.6 is 0 Å². The highest BCUT2D eigenvalue weighted by molar-refractivity contribution is 5.98. The minimum Gasteiger partial charge on any atom is -0.309 e. The van der Waals surface area contributed by atoms with Gasteiger partial charge in [-0.05, 0) is 53.6 Å². The van der Waals surface area contributed by atoms with Gasteiger partial charge in [0.1, 0.15) is 5.82 Å². The maximum atomic E-state index is 13.9. The van der Waals surface area contributed by atoms with Crippen LogP contribution in [0.4, 0.5) is 10.2 Å². The van der Waals surface area contributed by atoms with Crippen LogP contribution in [0.15, 0.2) is 60.9 Å². The number of fused-ring (bicyclic) bond motifs is 1. The molecule has 0 unspecified atom stereocenters. The summed E-state index contributed by atoms with van der Waals surface area (Å²) >= 11 is 0. The van der Waals surface area contributed by atoms with E-state index in [-0.39, 0.29) is 17.1 Å². The number of carbonyl (C=O) groups excluding carboxylic acids is 1. The Morgan fingerprint density at radius 3 is 2.58 bits per heavy atom. The molecule has 1 amide bonds. The van der Waals surface area contributed by atoms with Gasteiger partial charge in [0.2, 0.25) is 5.91 Å². The van der Waals surface area contributed by atoms with Crippen molar-refractivity contribution < 1.29 is 9.18 Å². The molecule has 2 heterocycles. The van der Waals surface area contributed by atoms with Gasteiger partial charge in [0, 0.05) is 18.8 Å². The molecule has 6 heteroatoms. The zero-order chi connectivity index (χ0) is 22.2. The van der Waals surface area contributed by atoms with Crippen LogP contribution in [-0.2, 0) is 10.2 Å². The number of aryl methyl sites for hydroxylation is 2. The van der Waals surface area contributed by atoms with Gasteiger partial charge in [-0.3, -0.25) is 4.79 Å². The van der Waals surface area contributed by atoms with Gasteiger partial charge >= 0.3 is 0 Å². The van der Waals surface area contributed by atoms with Crippen LogP contribution in [0.3, 0.4) is 0 Å². The van der Waals surface area contributed by atoms with Crippen LogP contribution in [0.1, 0.15) is 37.0 Å². The first-order valence-electron chi connectivity index (χ1n) is 10.2. The highest BCUT2D eigenvalue weighted by atomic mass is 19.1. The van der Waals surface area contributed by atoms with E-state index < -0.39 is 0 Å². The Balaban J connectivity index is 1.71. The molecule has 2 aromatic carbocycles. The van der Waals surface area contributed by atoms with Gasteiger partial charge in [0.25, 0.3) is 0 Å². The van der Waals surface area contributed by atoms with E-state index in [1.54, 1.807) is 29.8 Å². The molecule has 0 spiro atoms. The zero-order valence-corrected chi connectivity index (χ0v) is 18.1. The van der Waals surface area contributed by atoms with Crippen LogP contribution in [0.5, 0.6) is 0 Å². The smallest absolute Gasteiger partial charge is 0.226 e. The van der Waals surface area contributed by atoms with Gasteiger partial charge < -0.3 is 5.32 Å². The van der Waals surface area contributed by atoms with E-state index in [2.05, 4.69) is 15.4 Å². The van der Waals surface area contributed by atoms with Crippen molar-refractivity contribution in [2.75, 3.05) is 5.32 Å². The quantitative estimate of drug-likeness (QED) is 0.470. The fourth-order valence-electron chi connectivity index (χ4n) is 3.75. The van der Waals surface area contributed by atoms with Crippen molar-refractivity contribution in [3.05, 3.63) is 83.4 Å². The Bertz CT molecular complexity index is 1260. The van der Waals surface area contributed by atoms with Crippen molar-refractivity contribution >= 4 is 17.4 Å². The van der Waals surface area contributed by atoms with Gasteiger partial charge in [-0.2, -0.15) is 0 Å². The first-order chi connectivity index (χ1) is 14.7. The molecule has 0 saturated heterocycles. The number of amides is 1. The van der Waals surface area contributed by atoms with Gasteiger partial charge in [-0.25, -0.2) is 13.9 Å². The molecule has 5 nitrogen and oxygen atoms in total. The normalized spacial score (nSPS) is 11.6. The molecule has 158 valence electrons. The van der Waals surface area contributed by atoms with Gasteiger partial charge in [-0.15, -0.1) is 5.10 Å². The lowest BCUT2D eigenvalue weighted by Crippen LogP contribution is -2.26. The van der Waals surface area contributed by atoms with Crippen LogP contribution in [0.25, 0.3) is 16.8 Å². The maximum Gasteiger partial charge on any atom is 0.226 e. The number of benzene rings is 2. The molecule has 0 aliphatic carbocycles. The summed E-state index contributed by atoms with van der Waals surface area (Å²) < 4.78 is 15.5. The van der Waals surface area contributed by atoms with Crippen molar-refractivity contribution in [1.82, 2.24) is 14.6 Å². The molecule has 0 radical (unpaired) electrons. The fraction of sp³-hybridized carbons (Fsp3) is 0.240. The number of aromatic nitrogens is 3. The molecule has 31 heavy (non-hydrogen) atoms. The summed E-state index contributed by atoms with van der Waals surface area (Å²) in [7, 11) is 0. The topological polar surface area (TPSA) is 59.3 Å². The predicted molar refractivity (Wildman–Crippen MR) is 121 cm³/mol. The monoisotopic (exact) mass is 416 g/mol. The lowest BCUT2D eigenvalue weighted by atomic mass is 9.81. The Morgan fingerprint density at radius 2 is 1.87 bits per heavy atom. The maximum absolute atomic E-state index is 13.9. The summed E-state index contributed by atoms with van der Waals surface area (Å²) in [6.45, 7) is 7.72. The summed E-state index contributed by atoms with van der Waals surface area (Å²) in [6, 6.07) is 14.8. The molecule has 0 aliphatic heterocycles. The Morgan fingerprint density at radius 1 is 1.13 bits per heavy atom. The molecule has 4 rings (SSSR count). The lowest BCUT2D eigenvalue weighted by molar-refractivity contribution is -0.117. The van der Waals surface area contributed by atoms with E-state index in [1.807, 2.05) is 57.3 Å². The fourth-order valence-corrected chi connectivity index (χ4v) is 3.75. The van der Waals surface area contributed by atoms with Crippen molar-refractivity contribution in [2.45, 2.75) is 39.5 Å². The van der Waals surface area contributed by atoms with Crippen LogP contribution < -0.4 is 5.32 Å². The Labute approximate surface area is 181 Å². The minimum absolute atomic E-state index is 0.144. The Kier molecular flexibility index (Phi) is 5.31. The molecule has 4 aromatic rings. The first kappa shape index (κ1) is 20.7. The second kappa shape index (κ2) is 7.95. The molecule has 0 saturated carbocycles. The van der Waals surface area contributed by atoms with E-state index in [9.17, 15) is 9.18 Å². The van der Waals surface area contributed by atoms with Gasteiger partial charge in [-0.1, -0.05) is 50.2 Å². The summed E-state index contributed by atoms with van der Waals surface area (Å²) in [5, 5.41) is 7.55. The van der Waals surface area contributed by atoms with E-state index in [1.165, 1.54) is 6.07 Å². The zero-order valence-electron chi connectivity index (χ0n) is 18.1. The van der Waals surface area contributed by atoms with Crippen molar-refractivity contribution in [3.63, 3.8) is 0 Å². The van der Waals surface area contributed by atoms with Crippen molar-refractivity contribution in [2.24, 2.45) is 0 Å². The summed E-state index contributed by atoms with van der Waals surface area (Å²) in [6.07, 6.45) is 3.89. The van der Waals surface area contributed by atoms with Crippen molar-refractivity contribution in [1.29, 1.82) is 0 Å². The number of halogens is 1. The third-order valence-electron chi connectivity index (χ3n) is 5.46. The molecular weight excluding hydrogens is 391 g/mol. The van der Waals surface area contributed by atoms with E-state index in [0.29, 0.717) is 29.0 Å². The molecule has 0 aliphatic rings. The van der Waals surface area contributed by atoms with Gasteiger partial charge in [0.15, 0.2) is 11.5 Å². The summed E-state index contributed by atoms with van der Waals surface area (Å²) in [5.41, 5.74) is 4.25. The lowest BCUT2D eigenvalue weighted by Gasteiger charge is -2.24. The molecule has 1 N–H and O–H groups in total. The predicted octanol–water partition coefficient (Wildman–Crippen LogP) is 5.46. The second-order valence-electron chi connectivity index (χ2n) is 8.56. The SMILES string of the molecule is Cc1cnc2c(-c3ccc(F)c(C)c3)c(NC(=O)CC(C)(C)c3ccccc3)nn2c1. The molecule has 0 bridgehead atoms. The van der Waals surface area contributed by atoms with Gasteiger partial charge in [0.05, 0.1) is 5.56 Å². The molecule has 0 atom stereocenters. The Hall–Kier alpha value is -3.54. The largest absolute Gasteiger partial charge is 0.309 e. The average molecular weight is 417 g/mol. The van der Waals surface area contributed by atoms with Crippen LogP contribution in [-0.4, -0.2) is 20.5 Å². The summed E-state index contributed by atoms with van der Waals surface area (Å²) in [5.74, 6) is -0.00809. The third-order valence-corrected chi connectivity index (χ3v) is 5.46. The summed E-state index contributed by atoms with van der Waals surface area (Å²) in [4.78, 5) is 17.5. The number of rotatable bonds is 5. The molecule has 2 aromatic heterocycles. The van der Waals surface area contributed by atoms with Crippen LogP contribution in [0.2, 0.25) is 0 Å².